The minimum Gasteiger partial charge on any atom is -0.258 e. The van der Waals surface area contributed by atoms with Crippen LogP contribution in [0.4, 0.5) is 5.69 Å². The quantitative estimate of drug-likeness (QED) is 0.496. The van der Waals surface area contributed by atoms with Gasteiger partial charge in [0, 0.05) is 11.6 Å². The van der Waals surface area contributed by atoms with Crippen LogP contribution in [0, 0.1) is 17.0 Å². The van der Waals surface area contributed by atoms with Crippen LogP contribution in [-0.2, 0) is 0 Å². The SMILES string of the molecule is Cc1cc(-n2cc(C(C)Br)nn2)ccc1[N+](=O)[O-]. The molecule has 1 atom stereocenters. The molecule has 0 N–H and O–H groups in total. The first-order valence-electron chi connectivity index (χ1n) is 5.31. The van der Waals surface area contributed by atoms with E-state index >= 15 is 0 Å². The fraction of sp³-hybridized carbons (Fsp3) is 0.273. The van der Waals surface area contributed by atoms with Gasteiger partial charge in [-0.3, -0.25) is 10.1 Å². The highest BCUT2D eigenvalue weighted by atomic mass is 79.9. The van der Waals surface area contributed by atoms with E-state index in [4.69, 9.17) is 0 Å². The van der Waals surface area contributed by atoms with E-state index in [0.29, 0.717) is 5.56 Å². The molecular weight excluding hydrogens is 300 g/mol. The Morgan fingerprint density at radius 1 is 1.50 bits per heavy atom. The van der Waals surface area contributed by atoms with Gasteiger partial charge in [-0.25, -0.2) is 4.68 Å². The molecule has 0 aliphatic heterocycles. The van der Waals surface area contributed by atoms with E-state index in [0.717, 1.165) is 11.4 Å². The minimum absolute atomic E-state index is 0.105. The number of alkyl halides is 1. The van der Waals surface area contributed by atoms with Crippen molar-refractivity contribution in [3.63, 3.8) is 0 Å². The van der Waals surface area contributed by atoms with Crippen LogP contribution in [-0.4, -0.2) is 19.9 Å². The molecule has 1 unspecified atom stereocenters. The van der Waals surface area contributed by atoms with E-state index in [-0.39, 0.29) is 10.5 Å². The standard InChI is InChI=1S/C11H11BrN4O2/c1-7-5-9(3-4-11(7)16(17)18)15-6-10(8(2)12)13-14-15/h3-6,8H,1-2H3. The normalized spacial score (nSPS) is 12.4. The molecule has 0 bridgehead atoms. The Kier molecular flexibility index (Phi) is 3.42. The van der Waals surface area contributed by atoms with E-state index in [1.165, 1.54) is 6.07 Å². The van der Waals surface area contributed by atoms with Crippen molar-refractivity contribution in [2.45, 2.75) is 18.7 Å². The number of nitrogens with zero attached hydrogens (tertiary/aromatic N) is 4. The van der Waals surface area contributed by atoms with E-state index < -0.39 is 4.92 Å². The number of benzene rings is 1. The molecule has 0 radical (unpaired) electrons. The number of aromatic nitrogens is 3. The van der Waals surface area contributed by atoms with Crippen molar-refractivity contribution in [2.75, 3.05) is 0 Å². The Morgan fingerprint density at radius 3 is 2.72 bits per heavy atom. The largest absolute Gasteiger partial charge is 0.272 e. The fourth-order valence-electron chi connectivity index (χ4n) is 1.57. The Bertz CT molecular complexity index is 594. The topological polar surface area (TPSA) is 73.8 Å². The minimum atomic E-state index is -0.396. The predicted octanol–water partition coefficient (Wildman–Crippen LogP) is 2.94. The first-order valence-corrected chi connectivity index (χ1v) is 6.22. The highest BCUT2D eigenvalue weighted by Crippen LogP contribution is 2.22. The molecule has 2 aromatic rings. The van der Waals surface area contributed by atoms with Crippen LogP contribution in [0.5, 0.6) is 0 Å². The van der Waals surface area contributed by atoms with E-state index in [1.54, 1.807) is 29.9 Å². The van der Waals surface area contributed by atoms with Gasteiger partial charge < -0.3 is 0 Å². The van der Waals surface area contributed by atoms with Crippen molar-refractivity contribution in [1.82, 2.24) is 15.0 Å². The van der Waals surface area contributed by atoms with Gasteiger partial charge in [0.15, 0.2) is 0 Å². The molecule has 1 aromatic heterocycles. The average Bonchev–Trinajstić information content (AvgIpc) is 2.77. The van der Waals surface area contributed by atoms with Gasteiger partial charge in [-0.2, -0.15) is 0 Å². The molecule has 0 spiro atoms. The molecule has 0 fully saturated rings. The molecule has 0 aliphatic carbocycles. The summed E-state index contributed by atoms with van der Waals surface area (Å²) in [5.74, 6) is 0. The second-order valence-electron chi connectivity index (χ2n) is 3.93. The van der Waals surface area contributed by atoms with Gasteiger partial charge in [-0.15, -0.1) is 5.10 Å². The van der Waals surface area contributed by atoms with E-state index in [9.17, 15) is 10.1 Å². The average molecular weight is 311 g/mol. The Hall–Kier alpha value is -1.76. The van der Waals surface area contributed by atoms with Crippen LogP contribution in [0.25, 0.3) is 5.69 Å². The summed E-state index contributed by atoms with van der Waals surface area (Å²) in [6.45, 7) is 3.65. The number of hydrogen-bond donors (Lipinski definition) is 0. The van der Waals surface area contributed by atoms with Crippen molar-refractivity contribution >= 4 is 21.6 Å². The van der Waals surface area contributed by atoms with Crippen LogP contribution in [0.1, 0.15) is 23.0 Å². The van der Waals surface area contributed by atoms with Crippen molar-refractivity contribution in [1.29, 1.82) is 0 Å². The first-order chi connectivity index (χ1) is 8.49. The van der Waals surface area contributed by atoms with Gasteiger partial charge in [-0.1, -0.05) is 21.1 Å². The molecule has 0 saturated heterocycles. The van der Waals surface area contributed by atoms with Crippen molar-refractivity contribution in [3.05, 3.63) is 45.8 Å². The number of aryl methyl sites for hydroxylation is 1. The highest BCUT2D eigenvalue weighted by molar-refractivity contribution is 9.09. The smallest absolute Gasteiger partial charge is 0.258 e. The highest BCUT2D eigenvalue weighted by Gasteiger charge is 2.12. The summed E-state index contributed by atoms with van der Waals surface area (Å²) in [7, 11) is 0. The number of rotatable bonds is 3. The summed E-state index contributed by atoms with van der Waals surface area (Å²) in [6.07, 6.45) is 1.79. The summed E-state index contributed by atoms with van der Waals surface area (Å²) in [5, 5.41) is 18.7. The maximum absolute atomic E-state index is 10.7. The van der Waals surface area contributed by atoms with Crippen LogP contribution >= 0.6 is 15.9 Å². The second kappa shape index (κ2) is 4.85. The van der Waals surface area contributed by atoms with Gasteiger partial charge in [-0.05, 0) is 26.0 Å². The number of nitro benzene ring substituents is 1. The van der Waals surface area contributed by atoms with Gasteiger partial charge in [0.1, 0.15) is 0 Å². The van der Waals surface area contributed by atoms with E-state index in [1.807, 2.05) is 6.92 Å². The lowest BCUT2D eigenvalue weighted by atomic mass is 10.2. The number of hydrogen-bond acceptors (Lipinski definition) is 4. The first kappa shape index (κ1) is 12.7. The third-order valence-electron chi connectivity index (χ3n) is 2.56. The van der Waals surface area contributed by atoms with Gasteiger partial charge in [0.2, 0.25) is 0 Å². The van der Waals surface area contributed by atoms with Gasteiger partial charge >= 0.3 is 0 Å². The third-order valence-corrected chi connectivity index (χ3v) is 3.03. The van der Waals surface area contributed by atoms with Crippen LogP contribution < -0.4 is 0 Å². The zero-order chi connectivity index (χ0) is 13.3. The maximum atomic E-state index is 10.7. The lowest BCUT2D eigenvalue weighted by Crippen LogP contribution is -1.98. The predicted molar refractivity (Wildman–Crippen MR) is 70.1 cm³/mol. The molecule has 94 valence electrons. The number of nitro groups is 1. The third kappa shape index (κ3) is 2.40. The molecule has 0 aliphatic rings. The van der Waals surface area contributed by atoms with Crippen molar-refractivity contribution < 1.29 is 4.92 Å². The molecule has 18 heavy (non-hydrogen) atoms. The van der Waals surface area contributed by atoms with Gasteiger partial charge in [0.25, 0.3) is 5.69 Å². The molecule has 1 heterocycles. The molecule has 1 aromatic carbocycles. The molecule has 6 nitrogen and oxygen atoms in total. The Labute approximate surface area is 112 Å². The zero-order valence-corrected chi connectivity index (χ0v) is 11.5. The molecule has 0 amide bonds. The summed E-state index contributed by atoms with van der Waals surface area (Å²) >= 11 is 3.41. The monoisotopic (exact) mass is 310 g/mol. The summed E-state index contributed by atoms with van der Waals surface area (Å²) in [6, 6.07) is 4.85. The Balaban J connectivity index is 2.39. The van der Waals surface area contributed by atoms with Crippen molar-refractivity contribution in [2.24, 2.45) is 0 Å². The van der Waals surface area contributed by atoms with Crippen LogP contribution in [0.3, 0.4) is 0 Å². The molecule has 0 saturated carbocycles. The lowest BCUT2D eigenvalue weighted by Gasteiger charge is -2.02. The molecular formula is C11H11BrN4O2. The summed E-state index contributed by atoms with van der Waals surface area (Å²) in [5.41, 5.74) is 2.27. The lowest BCUT2D eigenvalue weighted by molar-refractivity contribution is -0.385. The van der Waals surface area contributed by atoms with Gasteiger partial charge in [0.05, 0.1) is 27.3 Å². The molecule has 7 heteroatoms. The fourth-order valence-corrected chi connectivity index (χ4v) is 1.78. The second-order valence-corrected chi connectivity index (χ2v) is 5.31. The van der Waals surface area contributed by atoms with Crippen LogP contribution in [0.15, 0.2) is 24.4 Å². The Morgan fingerprint density at radius 2 is 2.22 bits per heavy atom. The number of halogens is 1. The van der Waals surface area contributed by atoms with Crippen molar-refractivity contribution in [3.8, 4) is 5.69 Å². The zero-order valence-electron chi connectivity index (χ0n) is 9.87. The maximum Gasteiger partial charge on any atom is 0.272 e. The van der Waals surface area contributed by atoms with E-state index in [2.05, 4.69) is 26.2 Å². The summed E-state index contributed by atoms with van der Waals surface area (Å²) in [4.78, 5) is 10.4. The van der Waals surface area contributed by atoms with Crippen LogP contribution in [0.2, 0.25) is 0 Å². The molecule has 2 rings (SSSR count). The summed E-state index contributed by atoms with van der Waals surface area (Å²) < 4.78 is 1.60.